The fourth-order valence-corrected chi connectivity index (χ4v) is 4.55. The molecule has 4 atom stereocenters. The molecular formula is C15H28N2O. The van der Waals surface area contributed by atoms with Gasteiger partial charge in [-0.25, -0.2) is 0 Å². The van der Waals surface area contributed by atoms with Gasteiger partial charge in [0.2, 0.25) is 0 Å². The second-order valence-electron chi connectivity index (χ2n) is 6.71. The van der Waals surface area contributed by atoms with E-state index in [1.54, 1.807) is 0 Å². The molecule has 2 saturated carbocycles. The Labute approximate surface area is 111 Å². The van der Waals surface area contributed by atoms with Crippen molar-refractivity contribution in [1.82, 2.24) is 10.2 Å². The van der Waals surface area contributed by atoms with Crippen molar-refractivity contribution in [2.24, 2.45) is 17.8 Å². The molecule has 2 N–H and O–H groups in total. The topological polar surface area (TPSA) is 35.5 Å². The van der Waals surface area contributed by atoms with Crippen LogP contribution in [0.2, 0.25) is 0 Å². The summed E-state index contributed by atoms with van der Waals surface area (Å²) >= 11 is 0. The second kappa shape index (κ2) is 5.89. The Kier molecular flexibility index (Phi) is 4.22. The monoisotopic (exact) mass is 252 g/mol. The van der Waals surface area contributed by atoms with Crippen LogP contribution in [0, 0.1) is 17.8 Å². The van der Waals surface area contributed by atoms with Crippen LogP contribution in [0.15, 0.2) is 0 Å². The Morgan fingerprint density at radius 1 is 1.11 bits per heavy atom. The fourth-order valence-electron chi connectivity index (χ4n) is 4.55. The molecule has 0 aromatic rings. The molecule has 0 spiro atoms. The zero-order chi connectivity index (χ0) is 12.4. The van der Waals surface area contributed by atoms with Crippen LogP contribution in [0.1, 0.15) is 38.5 Å². The zero-order valence-electron chi connectivity index (χ0n) is 11.5. The lowest BCUT2D eigenvalue weighted by Gasteiger charge is -2.31. The molecule has 1 heterocycles. The van der Waals surface area contributed by atoms with E-state index in [0.717, 1.165) is 30.8 Å². The van der Waals surface area contributed by atoms with Crippen LogP contribution in [0.25, 0.3) is 0 Å². The summed E-state index contributed by atoms with van der Waals surface area (Å²) in [5.74, 6) is 2.98. The Balaban J connectivity index is 1.49. The summed E-state index contributed by atoms with van der Waals surface area (Å²) in [4.78, 5) is 2.52. The van der Waals surface area contributed by atoms with Crippen molar-refractivity contribution in [3.8, 4) is 0 Å². The standard InChI is InChI=1S/C15H28N2O/c18-7-6-17(11-15-2-1-5-16-15)10-14-9-12-3-4-13(14)8-12/h12-16,18H,1-11H2. The van der Waals surface area contributed by atoms with E-state index in [9.17, 15) is 5.11 Å². The van der Waals surface area contributed by atoms with Gasteiger partial charge in [0.05, 0.1) is 6.61 Å². The number of aliphatic hydroxyl groups excluding tert-OH is 1. The molecule has 1 saturated heterocycles. The lowest BCUT2D eigenvalue weighted by atomic mass is 9.88. The number of rotatable bonds is 6. The minimum absolute atomic E-state index is 0.313. The maximum absolute atomic E-state index is 9.25. The van der Waals surface area contributed by atoms with Gasteiger partial charge in [-0.05, 0) is 56.4 Å². The summed E-state index contributed by atoms with van der Waals surface area (Å²) < 4.78 is 0. The third kappa shape index (κ3) is 2.89. The highest BCUT2D eigenvalue weighted by atomic mass is 16.3. The molecule has 18 heavy (non-hydrogen) atoms. The van der Waals surface area contributed by atoms with Crippen LogP contribution in [0.5, 0.6) is 0 Å². The first-order chi connectivity index (χ1) is 8.85. The number of hydrogen-bond donors (Lipinski definition) is 2. The highest BCUT2D eigenvalue weighted by Crippen LogP contribution is 2.48. The second-order valence-corrected chi connectivity index (χ2v) is 6.71. The summed E-state index contributed by atoms with van der Waals surface area (Å²) in [7, 11) is 0. The Morgan fingerprint density at radius 3 is 2.67 bits per heavy atom. The van der Waals surface area contributed by atoms with E-state index in [1.165, 1.54) is 51.6 Å². The van der Waals surface area contributed by atoms with E-state index in [-0.39, 0.29) is 0 Å². The van der Waals surface area contributed by atoms with E-state index in [1.807, 2.05) is 0 Å². The van der Waals surface area contributed by atoms with Gasteiger partial charge in [0, 0.05) is 25.7 Å². The minimum atomic E-state index is 0.313. The maximum atomic E-state index is 9.25. The number of aliphatic hydroxyl groups is 1. The first kappa shape index (κ1) is 12.9. The van der Waals surface area contributed by atoms with Crippen molar-refractivity contribution >= 4 is 0 Å². The van der Waals surface area contributed by atoms with E-state index >= 15 is 0 Å². The summed E-state index contributed by atoms with van der Waals surface area (Å²) in [6.45, 7) is 4.75. The summed E-state index contributed by atoms with van der Waals surface area (Å²) in [5.41, 5.74) is 0. The first-order valence-corrected chi connectivity index (χ1v) is 7.91. The molecular weight excluding hydrogens is 224 g/mol. The lowest BCUT2D eigenvalue weighted by Crippen LogP contribution is -2.42. The summed E-state index contributed by atoms with van der Waals surface area (Å²) in [5, 5.41) is 12.8. The first-order valence-electron chi connectivity index (χ1n) is 7.91. The van der Waals surface area contributed by atoms with Crippen molar-refractivity contribution in [3.63, 3.8) is 0 Å². The highest BCUT2D eigenvalue weighted by Gasteiger charge is 2.40. The lowest BCUT2D eigenvalue weighted by molar-refractivity contribution is 0.145. The zero-order valence-corrected chi connectivity index (χ0v) is 11.5. The van der Waals surface area contributed by atoms with Crippen molar-refractivity contribution in [3.05, 3.63) is 0 Å². The summed E-state index contributed by atoms with van der Waals surface area (Å²) in [6.07, 6.45) is 8.57. The van der Waals surface area contributed by atoms with Crippen molar-refractivity contribution in [1.29, 1.82) is 0 Å². The molecule has 2 bridgehead atoms. The van der Waals surface area contributed by atoms with Crippen molar-refractivity contribution < 1.29 is 5.11 Å². The number of fused-ring (bicyclic) bond motifs is 2. The third-order valence-corrected chi connectivity index (χ3v) is 5.43. The molecule has 4 unspecified atom stereocenters. The maximum Gasteiger partial charge on any atom is 0.0558 e. The van der Waals surface area contributed by atoms with E-state index in [2.05, 4.69) is 10.2 Å². The molecule has 3 nitrogen and oxygen atoms in total. The van der Waals surface area contributed by atoms with Crippen molar-refractivity contribution in [2.45, 2.75) is 44.6 Å². The molecule has 1 aliphatic heterocycles. The van der Waals surface area contributed by atoms with Gasteiger partial charge in [-0.2, -0.15) is 0 Å². The van der Waals surface area contributed by atoms with Crippen LogP contribution in [-0.2, 0) is 0 Å². The Morgan fingerprint density at radius 2 is 2.06 bits per heavy atom. The quantitative estimate of drug-likeness (QED) is 0.751. The van der Waals surface area contributed by atoms with Gasteiger partial charge < -0.3 is 10.4 Å². The molecule has 3 aliphatic rings. The van der Waals surface area contributed by atoms with E-state index in [4.69, 9.17) is 0 Å². The number of nitrogens with zero attached hydrogens (tertiary/aromatic N) is 1. The van der Waals surface area contributed by atoms with Gasteiger partial charge in [0.25, 0.3) is 0 Å². The Bertz CT molecular complexity index is 265. The molecule has 0 aromatic heterocycles. The molecule has 0 aromatic carbocycles. The minimum Gasteiger partial charge on any atom is -0.395 e. The van der Waals surface area contributed by atoms with Crippen molar-refractivity contribution in [2.75, 3.05) is 32.8 Å². The van der Waals surface area contributed by atoms with Gasteiger partial charge in [0.1, 0.15) is 0 Å². The largest absolute Gasteiger partial charge is 0.395 e. The molecule has 3 fully saturated rings. The van der Waals surface area contributed by atoms with Crippen LogP contribution in [0.4, 0.5) is 0 Å². The number of nitrogens with one attached hydrogen (secondary N) is 1. The number of hydrogen-bond acceptors (Lipinski definition) is 3. The van der Waals surface area contributed by atoms with Gasteiger partial charge >= 0.3 is 0 Å². The predicted octanol–water partition coefficient (Wildman–Crippen LogP) is 1.47. The van der Waals surface area contributed by atoms with Crippen LogP contribution >= 0.6 is 0 Å². The average molecular weight is 252 g/mol. The van der Waals surface area contributed by atoms with E-state index < -0.39 is 0 Å². The SMILES string of the molecule is OCCN(CC1CCCN1)CC1CC2CCC1C2. The highest BCUT2D eigenvalue weighted by molar-refractivity contribution is 4.91. The van der Waals surface area contributed by atoms with Gasteiger partial charge in [-0.1, -0.05) is 6.42 Å². The summed E-state index contributed by atoms with van der Waals surface area (Å²) in [6, 6.07) is 0.676. The molecule has 3 heteroatoms. The average Bonchev–Trinajstić information content (AvgIpc) is 3.05. The van der Waals surface area contributed by atoms with Gasteiger partial charge in [0.15, 0.2) is 0 Å². The van der Waals surface area contributed by atoms with Gasteiger partial charge in [-0.15, -0.1) is 0 Å². The van der Waals surface area contributed by atoms with E-state index in [0.29, 0.717) is 12.6 Å². The van der Waals surface area contributed by atoms with Crippen LogP contribution < -0.4 is 5.32 Å². The fraction of sp³-hybridized carbons (Fsp3) is 1.00. The van der Waals surface area contributed by atoms with Gasteiger partial charge in [-0.3, -0.25) is 4.90 Å². The normalized spacial score (nSPS) is 39.0. The molecule has 3 rings (SSSR count). The molecule has 104 valence electrons. The molecule has 0 radical (unpaired) electrons. The van der Waals surface area contributed by atoms with Crippen LogP contribution in [-0.4, -0.2) is 48.8 Å². The molecule has 0 amide bonds. The third-order valence-electron chi connectivity index (χ3n) is 5.43. The smallest absolute Gasteiger partial charge is 0.0558 e. The van der Waals surface area contributed by atoms with Crippen LogP contribution in [0.3, 0.4) is 0 Å². The predicted molar refractivity (Wildman–Crippen MR) is 73.5 cm³/mol. The molecule has 2 aliphatic carbocycles. The Hall–Kier alpha value is -0.120.